The van der Waals surface area contributed by atoms with Gasteiger partial charge in [0.05, 0.1) is 0 Å². The lowest BCUT2D eigenvalue weighted by molar-refractivity contribution is 0.0424. The Bertz CT molecular complexity index is 353. The van der Waals surface area contributed by atoms with E-state index in [1.165, 1.54) is 6.92 Å². The normalized spacial score (nSPS) is 11.7. The van der Waals surface area contributed by atoms with Crippen LogP contribution in [-0.4, -0.2) is 22.4 Å². The second kappa shape index (κ2) is 3.53. The van der Waals surface area contributed by atoms with Gasteiger partial charge in [0, 0.05) is 0 Å². The van der Waals surface area contributed by atoms with Crippen LogP contribution in [0.2, 0.25) is 0 Å². The Balaban J connectivity index is 2.71. The molecule has 7 heteroatoms. The van der Waals surface area contributed by atoms with Crippen molar-refractivity contribution in [3.05, 3.63) is 5.69 Å². The Morgan fingerprint density at radius 3 is 2.92 bits per heavy atom. The first-order valence-electron chi connectivity index (χ1n) is 3.33. The van der Waals surface area contributed by atoms with E-state index in [0.29, 0.717) is 0 Å². The van der Waals surface area contributed by atoms with Crippen LogP contribution in [0.25, 0.3) is 0 Å². The molecule has 1 aromatic rings. The molecule has 0 saturated heterocycles. The molecule has 0 aliphatic heterocycles. The van der Waals surface area contributed by atoms with Crippen LogP contribution >= 0.6 is 0 Å². The monoisotopic (exact) mass is 182 g/mol. The van der Waals surface area contributed by atoms with Crippen LogP contribution < -0.4 is 5.73 Å². The molecule has 7 nitrogen and oxygen atoms in total. The van der Waals surface area contributed by atoms with Gasteiger partial charge in [0.15, 0.2) is 6.10 Å². The molecule has 0 aliphatic carbocycles. The average molecular weight is 182 g/mol. The van der Waals surface area contributed by atoms with Crippen LogP contribution in [0.15, 0.2) is 4.63 Å². The third-order valence-electron chi connectivity index (χ3n) is 1.17. The summed E-state index contributed by atoms with van der Waals surface area (Å²) in [5, 5.41) is 14.7. The lowest BCUT2D eigenvalue weighted by Gasteiger charge is -2.01. The van der Waals surface area contributed by atoms with Gasteiger partial charge in [-0.2, -0.15) is 5.26 Å². The number of esters is 1. The van der Waals surface area contributed by atoms with E-state index in [9.17, 15) is 4.79 Å². The number of nitriles is 1. The second-order valence-corrected chi connectivity index (χ2v) is 2.17. The zero-order valence-electron chi connectivity index (χ0n) is 6.72. The minimum atomic E-state index is -0.858. The van der Waals surface area contributed by atoms with Crippen molar-refractivity contribution in [2.75, 3.05) is 5.73 Å². The maximum atomic E-state index is 11.1. The molecular weight excluding hydrogens is 176 g/mol. The van der Waals surface area contributed by atoms with Crippen molar-refractivity contribution < 1.29 is 14.2 Å². The number of nitrogen functional groups attached to an aromatic ring is 1. The summed E-state index contributed by atoms with van der Waals surface area (Å²) in [6.45, 7) is 1.42. The fourth-order valence-corrected chi connectivity index (χ4v) is 0.580. The van der Waals surface area contributed by atoms with Crippen molar-refractivity contribution in [3.8, 4) is 6.07 Å². The number of aromatic nitrogens is 2. The molecule has 13 heavy (non-hydrogen) atoms. The Hall–Kier alpha value is -2.10. The van der Waals surface area contributed by atoms with Gasteiger partial charge >= 0.3 is 5.97 Å². The van der Waals surface area contributed by atoms with Gasteiger partial charge in [-0.25, -0.2) is 9.42 Å². The maximum absolute atomic E-state index is 11.1. The minimum absolute atomic E-state index is 0.157. The number of hydrogen-bond donors (Lipinski definition) is 1. The smallest absolute Gasteiger partial charge is 0.365 e. The van der Waals surface area contributed by atoms with Gasteiger partial charge in [0.25, 0.3) is 0 Å². The highest BCUT2D eigenvalue weighted by molar-refractivity contribution is 5.91. The van der Waals surface area contributed by atoms with E-state index in [1.807, 2.05) is 0 Å². The number of nitrogens with two attached hydrogens (primary N) is 1. The van der Waals surface area contributed by atoms with Gasteiger partial charge < -0.3 is 10.5 Å². The van der Waals surface area contributed by atoms with E-state index in [2.05, 4.69) is 19.7 Å². The molecule has 0 bridgehead atoms. The van der Waals surface area contributed by atoms with Gasteiger partial charge in [-0.05, 0) is 17.2 Å². The van der Waals surface area contributed by atoms with Gasteiger partial charge in [-0.1, -0.05) is 0 Å². The average Bonchev–Trinajstić information content (AvgIpc) is 2.51. The number of carbonyl (C=O) groups excluding carboxylic acids is 1. The molecule has 0 fully saturated rings. The maximum Gasteiger partial charge on any atom is 0.365 e. The number of rotatable bonds is 2. The molecule has 0 amide bonds. The van der Waals surface area contributed by atoms with Crippen LogP contribution in [0.4, 0.5) is 5.82 Å². The third-order valence-corrected chi connectivity index (χ3v) is 1.17. The van der Waals surface area contributed by atoms with Crippen LogP contribution in [-0.2, 0) is 4.74 Å². The Kier molecular flexibility index (Phi) is 2.44. The number of nitrogens with zero attached hydrogens (tertiary/aromatic N) is 3. The van der Waals surface area contributed by atoms with E-state index < -0.39 is 12.1 Å². The summed E-state index contributed by atoms with van der Waals surface area (Å²) in [5.41, 5.74) is 4.99. The predicted molar refractivity (Wildman–Crippen MR) is 39.2 cm³/mol. The summed E-state index contributed by atoms with van der Waals surface area (Å²) in [6, 6.07) is 1.71. The summed E-state index contributed by atoms with van der Waals surface area (Å²) in [5.74, 6) is -0.983. The number of carbonyl (C=O) groups is 1. The molecule has 1 heterocycles. The highest BCUT2D eigenvalue weighted by atomic mass is 16.6. The highest BCUT2D eigenvalue weighted by Gasteiger charge is 2.19. The lowest BCUT2D eigenvalue weighted by Crippen LogP contribution is -2.14. The Labute approximate surface area is 73.0 Å². The number of anilines is 1. The topological polar surface area (TPSA) is 115 Å². The van der Waals surface area contributed by atoms with Crippen molar-refractivity contribution in [1.82, 2.24) is 10.3 Å². The van der Waals surface area contributed by atoms with Gasteiger partial charge in [0.2, 0.25) is 11.5 Å². The summed E-state index contributed by atoms with van der Waals surface area (Å²) >= 11 is 0. The van der Waals surface area contributed by atoms with E-state index in [1.54, 1.807) is 6.07 Å². The molecule has 1 rings (SSSR count). The highest BCUT2D eigenvalue weighted by Crippen LogP contribution is 2.06. The predicted octanol–water partition coefficient (Wildman–Crippen LogP) is -0.279. The van der Waals surface area contributed by atoms with Crippen LogP contribution in [0.5, 0.6) is 0 Å². The van der Waals surface area contributed by atoms with Gasteiger partial charge in [-0.15, -0.1) is 0 Å². The van der Waals surface area contributed by atoms with Crippen molar-refractivity contribution in [3.63, 3.8) is 0 Å². The molecular formula is C6H6N4O3. The summed E-state index contributed by atoms with van der Waals surface area (Å²) in [6.07, 6.45) is -0.858. The fraction of sp³-hybridized carbons (Fsp3) is 0.333. The van der Waals surface area contributed by atoms with Crippen LogP contribution in [0, 0.1) is 11.3 Å². The zero-order valence-corrected chi connectivity index (χ0v) is 6.72. The summed E-state index contributed by atoms with van der Waals surface area (Å²) < 4.78 is 8.76. The molecule has 2 N–H and O–H groups in total. The van der Waals surface area contributed by atoms with Crippen molar-refractivity contribution >= 4 is 11.8 Å². The molecule has 0 aliphatic rings. The summed E-state index contributed by atoms with van der Waals surface area (Å²) in [4.78, 5) is 11.1. The second-order valence-electron chi connectivity index (χ2n) is 2.17. The molecule has 0 radical (unpaired) electrons. The quantitative estimate of drug-likeness (QED) is 0.625. The molecule has 0 saturated carbocycles. The lowest BCUT2D eigenvalue weighted by atomic mass is 10.4. The van der Waals surface area contributed by atoms with Gasteiger partial charge in [0.1, 0.15) is 6.07 Å². The first-order valence-corrected chi connectivity index (χ1v) is 3.33. The van der Waals surface area contributed by atoms with E-state index in [0.717, 1.165) is 0 Å². The molecule has 68 valence electrons. The first-order chi connectivity index (χ1) is 6.15. The zero-order chi connectivity index (χ0) is 9.84. The number of hydrogen-bond acceptors (Lipinski definition) is 7. The largest absolute Gasteiger partial charge is 0.442 e. The number of ether oxygens (including phenoxy) is 1. The fourth-order valence-electron chi connectivity index (χ4n) is 0.580. The van der Waals surface area contributed by atoms with Gasteiger partial charge in [-0.3, -0.25) is 0 Å². The van der Waals surface area contributed by atoms with Crippen LogP contribution in [0.1, 0.15) is 17.4 Å². The van der Waals surface area contributed by atoms with Crippen molar-refractivity contribution in [1.29, 1.82) is 5.26 Å². The van der Waals surface area contributed by atoms with Crippen molar-refractivity contribution in [2.45, 2.75) is 13.0 Å². The summed E-state index contributed by atoms with van der Waals surface area (Å²) in [7, 11) is 0. The Morgan fingerprint density at radius 2 is 2.46 bits per heavy atom. The Morgan fingerprint density at radius 1 is 1.77 bits per heavy atom. The molecule has 1 atom stereocenters. The first kappa shape index (κ1) is 8.99. The van der Waals surface area contributed by atoms with E-state index >= 15 is 0 Å². The third kappa shape index (κ3) is 1.93. The van der Waals surface area contributed by atoms with E-state index in [4.69, 9.17) is 11.0 Å². The van der Waals surface area contributed by atoms with Crippen LogP contribution in [0.3, 0.4) is 0 Å². The molecule has 0 aromatic carbocycles. The van der Waals surface area contributed by atoms with Crippen molar-refractivity contribution in [2.24, 2.45) is 0 Å². The molecule has 1 aromatic heterocycles. The SMILES string of the molecule is CC(C#N)OC(=O)c1nonc1N. The van der Waals surface area contributed by atoms with E-state index in [-0.39, 0.29) is 11.5 Å². The minimum Gasteiger partial charge on any atom is -0.442 e. The molecule has 0 spiro atoms. The standard InChI is InChI=1S/C6H6N4O3/c1-3(2-7)12-6(11)4-5(8)10-13-9-4/h3H,1H3,(H2,8,10). The molecule has 1 unspecified atom stereocenters.